The van der Waals surface area contributed by atoms with Crippen molar-refractivity contribution >= 4 is 11.9 Å². The molecule has 176 valence electrons. The number of ether oxygens (including phenoxy) is 1. The van der Waals surface area contributed by atoms with E-state index in [1.165, 1.54) is 70.6 Å². The van der Waals surface area contributed by atoms with Gasteiger partial charge >= 0.3 is 11.9 Å². The van der Waals surface area contributed by atoms with Crippen molar-refractivity contribution in [1.29, 1.82) is 0 Å². The Balaban J connectivity index is 2.23. The molecule has 0 aromatic heterocycles. The van der Waals surface area contributed by atoms with E-state index < -0.39 is 5.97 Å². The van der Waals surface area contributed by atoms with Crippen LogP contribution in [0.5, 0.6) is 0 Å². The van der Waals surface area contributed by atoms with Crippen LogP contribution in [0.15, 0.2) is 0 Å². The molecule has 1 rings (SSSR count). The van der Waals surface area contributed by atoms with Crippen LogP contribution in [0.2, 0.25) is 0 Å². The fourth-order valence-electron chi connectivity index (χ4n) is 4.58. The highest BCUT2D eigenvalue weighted by Crippen LogP contribution is 2.30. The van der Waals surface area contributed by atoms with Crippen LogP contribution in [0.3, 0.4) is 0 Å². The fraction of sp³-hybridized carbons (Fsp3) is 0.923. The van der Waals surface area contributed by atoms with E-state index in [0.717, 1.165) is 25.7 Å². The smallest absolute Gasteiger partial charge is 0.309 e. The Bertz CT molecular complexity index is 440. The van der Waals surface area contributed by atoms with E-state index in [2.05, 4.69) is 13.8 Å². The average molecular weight is 425 g/mol. The van der Waals surface area contributed by atoms with E-state index in [0.29, 0.717) is 25.7 Å². The first-order chi connectivity index (χ1) is 14.6. The van der Waals surface area contributed by atoms with Gasteiger partial charge in [0, 0.05) is 0 Å². The third-order valence-corrected chi connectivity index (χ3v) is 6.70. The molecule has 0 amide bonds. The number of unbranched alkanes of at least 4 members (excludes halogenated alkanes) is 11. The largest absolute Gasteiger partial charge is 0.481 e. The van der Waals surface area contributed by atoms with Crippen LogP contribution in [-0.4, -0.2) is 23.1 Å². The molecule has 1 unspecified atom stereocenters. The number of rotatable bonds is 18. The summed E-state index contributed by atoms with van der Waals surface area (Å²) in [4.78, 5) is 23.7. The summed E-state index contributed by atoms with van der Waals surface area (Å²) in [5.74, 6) is -1.17. The molecule has 1 aliphatic carbocycles. The van der Waals surface area contributed by atoms with Crippen LogP contribution in [0.4, 0.5) is 0 Å². The number of aliphatic carboxylic acids is 1. The molecular formula is C26H48O4. The number of carbonyl (C=O) groups is 2. The highest BCUT2D eigenvalue weighted by Gasteiger charge is 2.31. The zero-order valence-electron chi connectivity index (χ0n) is 19.8. The number of carboxylic acid groups (broad SMARTS) is 1. The van der Waals surface area contributed by atoms with Gasteiger partial charge in [-0.3, -0.25) is 9.59 Å². The van der Waals surface area contributed by atoms with E-state index in [1.807, 2.05) is 0 Å². The molecule has 0 heterocycles. The summed E-state index contributed by atoms with van der Waals surface area (Å²) in [5, 5.41) is 9.14. The number of carboxylic acids is 1. The lowest BCUT2D eigenvalue weighted by Gasteiger charge is -2.27. The highest BCUT2D eigenvalue weighted by molar-refractivity contribution is 5.74. The van der Waals surface area contributed by atoms with Gasteiger partial charge in [-0.05, 0) is 51.4 Å². The molecule has 4 nitrogen and oxygen atoms in total. The predicted molar refractivity (Wildman–Crippen MR) is 124 cm³/mol. The minimum atomic E-state index is -0.722. The van der Waals surface area contributed by atoms with Gasteiger partial charge in [0.05, 0.1) is 11.8 Å². The maximum Gasteiger partial charge on any atom is 0.309 e. The molecule has 1 N–H and O–H groups in total. The van der Waals surface area contributed by atoms with Crippen LogP contribution in [0.1, 0.15) is 136 Å². The molecule has 1 atom stereocenters. The van der Waals surface area contributed by atoms with E-state index in [-0.39, 0.29) is 23.9 Å². The standard InChI is InChI=1S/C26H48O4/c1-3-5-7-8-9-10-11-12-13-15-17-24(16-14-6-4-2)30-26(29)23-20-18-22(19-21-23)25(27)28/h22-24H,3-21H2,1-2H3,(H,27,28). The van der Waals surface area contributed by atoms with E-state index in [1.54, 1.807) is 0 Å². The lowest BCUT2D eigenvalue weighted by molar-refractivity contribution is -0.158. The van der Waals surface area contributed by atoms with E-state index in [9.17, 15) is 9.59 Å². The van der Waals surface area contributed by atoms with Crippen molar-refractivity contribution in [2.24, 2.45) is 11.8 Å². The number of carbonyl (C=O) groups excluding carboxylic acids is 1. The minimum Gasteiger partial charge on any atom is -0.481 e. The summed E-state index contributed by atoms with van der Waals surface area (Å²) < 4.78 is 5.93. The second-order valence-electron chi connectivity index (χ2n) is 9.41. The number of hydrogen-bond donors (Lipinski definition) is 1. The SMILES string of the molecule is CCCCCCCCCCCCC(CCCCC)OC(=O)C1CCC(C(=O)O)CC1. The summed E-state index contributed by atoms with van der Waals surface area (Å²) >= 11 is 0. The van der Waals surface area contributed by atoms with Crippen LogP contribution in [-0.2, 0) is 14.3 Å². The van der Waals surface area contributed by atoms with Crippen molar-refractivity contribution in [2.75, 3.05) is 0 Å². The van der Waals surface area contributed by atoms with Gasteiger partial charge in [-0.1, -0.05) is 84.5 Å². The summed E-state index contributed by atoms with van der Waals surface area (Å²) in [7, 11) is 0. The Hall–Kier alpha value is -1.06. The van der Waals surface area contributed by atoms with Gasteiger partial charge in [0.15, 0.2) is 0 Å². The maximum atomic E-state index is 12.6. The lowest BCUT2D eigenvalue weighted by atomic mass is 9.82. The normalized spacial score (nSPS) is 20.1. The second kappa shape index (κ2) is 17.6. The first kappa shape index (κ1) is 27.0. The topological polar surface area (TPSA) is 63.6 Å². The van der Waals surface area contributed by atoms with Crippen molar-refractivity contribution in [3.8, 4) is 0 Å². The van der Waals surface area contributed by atoms with E-state index in [4.69, 9.17) is 9.84 Å². The first-order valence-corrected chi connectivity index (χ1v) is 13.0. The Kier molecular flexibility index (Phi) is 15.8. The quantitative estimate of drug-likeness (QED) is 0.181. The zero-order chi connectivity index (χ0) is 22.0. The molecule has 0 aliphatic heterocycles. The fourth-order valence-corrected chi connectivity index (χ4v) is 4.58. The van der Waals surface area contributed by atoms with Gasteiger partial charge < -0.3 is 9.84 Å². The summed E-state index contributed by atoms with van der Waals surface area (Å²) in [6.07, 6.45) is 21.2. The molecule has 0 bridgehead atoms. The first-order valence-electron chi connectivity index (χ1n) is 13.0. The van der Waals surface area contributed by atoms with Crippen LogP contribution in [0.25, 0.3) is 0 Å². The number of esters is 1. The van der Waals surface area contributed by atoms with Crippen LogP contribution < -0.4 is 0 Å². The zero-order valence-corrected chi connectivity index (χ0v) is 19.8. The van der Waals surface area contributed by atoms with Crippen molar-refractivity contribution in [3.63, 3.8) is 0 Å². The Morgan fingerprint density at radius 1 is 0.700 bits per heavy atom. The molecule has 30 heavy (non-hydrogen) atoms. The molecule has 0 spiro atoms. The molecule has 0 aromatic rings. The van der Waals surface area contributed by atoms with Gasteiger partial charge in [-0.25, -0.2) is 0 Å². The molecule has 0 aromatic carbocycles. The van der Waals surface area contributed by atoms with Crippen molar-refractivity contribution < 1.29 is 19.4 Å². The maximum absolute atomic E-state index is 12.6. The summed E-state index contributed by atoms with van der Waals surface area (Å²) in [6.45, 7) is 4.46. The Morgan fingerprint density at radius 2 is 1.10 bits per heavy atom. The average Bonchev–Trinajstić information content (AvgIpc) is 2.75. The molecular weight excluding hydrogens is 376 g/mol. The van der Waals surface area contributed by atoms with Gasteiger partial charge in [-0.15, -0.1) is 0 Å². The Morgan fingerprint density at radius 3 is 1.60 bits per heavy atom. The molecule has 0 radical (unpaired) electrons. The summed E-state index contributed by atoms with van der Waals surface area (Å²) in [5.41, 5.74) is 0. The minimum absolute atomic E-state index is 0.0512. The Labute approximate surface area is 185 Å². The van der Waals surface area contributed by atoms with Gasteiger partial charge in [0.1, 0.15) is 6.10 Å². The molecule has 1 saturated carbocycles. The second-order valence-corrected chi connectivity index (χ2v) is 9.41. The molecule has 1 aliphatic rings. The monoisotopic (exact) mass is 424 g/mol. The molecule has 0 saturated heterocycles. The summed E-state index contributed by atoms with van der Waals surface area (Å²) in [6, 6.07) is 0. The van der Waals surface area contributed by atoms with Crippen molar-refractivity contribution in [2.45, 2.75) is 142 Å². The lowest BCUT2D eigenvalue weighted by Crippen LogP contribution is -2.29. The van der Waals surface area contributed by atoms with Crippen molar-refractivity contribution in [3.05, 3.63) is 0 Å². The van der Waals surface area contributed by atoms with Gasteiger partial charge in [0.2, 0.25) is 0 Å². The van der Waals surface area contributed by atoms with Crippen molar-refractivity contribution in [1.82, 2.24) is 0 Å². The van der Waals surface area contributed by atoms with Crippen LogP contribution >= 0.6 is 0 Å². The van der Waals surface area contributed by atoms with E-state index >= 15 is 0 Å². The third kappa shape index (κ3) is 12.6. The molecule has 1 fully saturated rings. The molecule has 4 heteroatoms. The van der Waals surface area contributed by atoms with Crippen LogP contribution in [0, 0.1) is 11.8 Å². The third-order valence-electron chi connectivity index (χ3n) is 6.70. The highest BCUT2D eigenvalue weighted by atomic mass is 16.5. The number of hydrogen-bond acceptors (Lipinski definition) is 3. The van der Waals surface area contributed by atoms with Gasteiger partial charge in [-0.2, -0.15) is 0 Å². The predicted octanol–water partition coefficient (Wildman–Crippen LogP) is 7.68. The van der Waals surface area contributed by atoms with Gasteiger partial charge in [0.25, 0.3) is 0 Å².